The highest BCUT2D eigenvalue weighted by Crippen LogP contribution is 2.09. The van der Waals surface area contributed by atoms with Crippen LogP contribution in [0, 0.1) is 0 Å². The van der Waals surface area contributed by atoms with Crippen molar-refractivity contribution in [1.29, 1.82) is 0 Å². The number of Topliss-reactive ketones (excluding diaryl/α,β-unsaturated/α-hetero) is 1. The summed E-state index contributed by atoms with van der Waals surface area (Å²) in [6.45, 7) is 3.05. The van der Waals surface area contributed by atoms with Gasteiger partial charge < -0.3 is 10.0 Å². The van der Waals surface area contributed by atoms with Crippen molar-refractivity contribution in [3.63, 3.8) is 0 Å². The molecule has 1 N–H and O–H groups in total. The minimum atomic E-state index is -0.786. The zero-order valence-corrected chi connectivity index (χ0v) is 10.8. The Labute approximate surface area is 107 Å². The second-order valence-electron chi connectivity index (χ2n) is 4.36. The summed E-state index contributed by atoms with van der Waals surface area (Å²) >= 11 is 0. The largest absolute Gasteiger partial charge is 0.481 e. The van der Waals surface area contributed by atoms with Gasteiger partial charge in [0.25, 0.3) is 0 Å². The van der Waals surface area contributed by atoms with E-state index in [0.29, 0.717) is 19.5 Å². The average molecular weight is 249 g/mol. The van der Waals surface area contributed by atoms with Gasteiger partial charge in [-0.25, -0.2) is 0 Å². The standard InChI is InChI=1S/C14H19NO3/c1-3-13(16)12-6-4-11(5-7-12)10-15(2)9-8-14(17)18/h4-7H,3,8-10H2,1-2H3,(H,17,18). The van der Waals surface area contributed by atoms with Crippen LogP contribution < -0.4 is 0 Å². The molecule has 0 saturated heterocycles. The van der Waals surface area contributed by atoms with Gasteiger partial charge in [-0.2, -0.15) is 0 Å². The first kappa shape index (κ1) is 14.4. The van der Waals surface area contributed by atoms with Crippen molar-refractivity contribution in [1.82, 2.24) is 4.90 Å². The zero-order chi connectivity index (χ0) is 13.5. The van der Waals surface area contributed by atoms with Gasteiger partial charge in [0.15, 0.2) is 5.78 Å². The van der Waals surface area contributed by atoms with Gasteiger partial charge in [-0.3, -0.25) is 9.59 Å². The molecule has 0 amide bonds. The smallest absolute Gasteiger partial charge is 0.304 e. The van der Waals surface area contributed by atoms with Gasteiger partial charge in [-0.15, -0.1) is 0 Å². The Morgan fingerprint density at radius 2 is 1.83 bits per heavy atom. The minimum Gasteiger partial charge on any atom is -0.481 e. The molecule has 0 aliphatic heterocycles. The van der Waals surface area contributed by atoms with E-state index in [-0.39, 0.29) is 12.2 Å². The molecule has 4 heteroatoms. The lowest BCUT2D eigenvalue weighted by molar-refractivity contribution is -0.137. The van der Waals surface area contributed by atoms with Crippen molar-refractivity contribution >= 4 is 11.8 Å². The quantitative estimate of drug-likeness (QED) is 0.752. The van der Waals surface area contributed by atoms with Crippen LogP contribution >= 0.6 is 0 Å². The van der Waals surface area contributed by atoms with Gasteiger partial charge in [0.2, 0.25) is 0 Å². The van der Waals surface area contributed by atoms with Crippen molar-refractivity contribution in [3.8, 4) is 0 Å². The summed E-state index contributed by atoms with van der Waals surface area (Å²) < 4.78 is 0. The van der Waals surface area contributed by atoms with E-state index in [0.717, 1.165) is 11.1 Å². The van der Waals surface area contributed by atoms with E-state index in [9.17, 15) is 9.59 Å². The van der Waals surface area contributed by atoms with Crippen molar-refractivity contribution in [2.75, 3.05) is 13.6 Å². The molecule has 0 spiro atoms. The predicted molar refractivity (Wildman–Crippen MR) is 69.7 cm³/mol. The number of carboxylic acid groups (broad SMARTS) is 1. The van der Waals surface area contributed by atoms with E-state index in [1.165, 1.54) is 0 Å². The van der Waals surface area contributed by atoms with Crippen LogP contribution in [0.25, 0.3) is 0 Å². The summed E-state index contributed by atoms with van der Waals surface area (Å²) in [5.74, 6) is -0.647. The second kappa shape index (κ2) is 6.91. The highest BCUT2D eigenvalue weighted by molar-refractivity contribution is 5.95. The fourth-order valence-corrected chi connectivity index (χ4v) is 1.68. The highest BCUT2D eigenvalue weighted by Gasteiger charge is 2.05. The number of carbonyl (C=O) groups excluding carboxylic acids is 1. The molecule has 0 aromatic heterocycles. The first-order chi connectivity index (χ1) is 8.52. The summed E-state index contributed by atoms with van der Waals surface area (Å²) in [6.07, 6.45) is 0.654. The third-order valence-electron chi connectivity index (χ3n) is 2.76. The summed E-state index contributed by atoms with van der Waals surface area (Å²) in [6, 6.07) is 7.48. The average Bonchev–Trinajstić information content (AvgIpc) is 2.36. The topological polar surface area (TPSA) is 57.6 Å². The molecule has 1 aromatic carbocycles. The molecule has 18 heavy (non-hydrogen) atoms. The maximum atomic E-state index is 11.4. The van der Waals surface area contributed by atoms with Crippen LogP contribution in [0.2, 0.25) is 0 Å². The summed E-state index contributed by atoms with van der Waals surface area (Å²) in [7, 11) is 1.88. The zero-order valence-electron chi connectivity index (χ0n) is 10.8. The van der Waals surface area contributed by atoms with E-state index in [2.05, 4.69) is 0 Å². The lowest BCUT2D eigenvalue weighted by atomic mass is 10.1. The number of hydrogen-bond acceptors (Lipinski definition) is 3. The van der Waals surface area contributed by atoms with Crippen LogP contribution in [0.5, 0.6) is 0 Å². The van der Waals surface area contributed by atoms with E-state index >= 15 is 0 Å². The maximum absolute atomic E-state index is 11.4. The molecule has 0 atom stereocenters. The number of benzene rings is 1. The third-order valence-corrected chi connectivity index (χ3v) is 2.76. The molecule has 4 nitrogen and oxygen atoms in total. The van der Waals surface area contributed by atoms with E-state index in [1.807, 2.05) is 43.1 Å². The molecule has 0 radical (unpaired) electrons. The van der Waals surface area contributed by atoms with Crippen LogP contribution in [-0.2, 0) is 11.3 Å². The predicted octanol–water partition coefficient (Wildman–Crippen LogP) is 2.19. The Hall–Kier alpha value is -1.68. The number of rotatable bonds is 7. The molecule has 98 valence electrons. The van der Waals surface area contributed by atoms with Gasteiger partial charge in [0.05, 0.1) is 6.42 Å². The fourth-order valence-electron chi connectivity index (χ4n) is 1.68. The van der Waals surface area contributed by atoms with E-state index in [4.69, 9.17) is 5.11 Å². The number of carbonyl (C=O) groups is 2. The molecule has 0 unspecified atom stereocenters. The highest BCUT2D eigenvalue weighted by atomic mass is 16.4. The summed E-state index contributed by atoms with van der Waals surface area (Å²) in [4.78, 5) is 23.8. The molecule has 0 heterocycles. The number of nitrogens with zero attached hydrogens (tertiary/aromatic N) is 1. The van der Waals surface area contributed by atoms with Crippen LogP contribution in [0.15, 0.2) is 24.3 Å². The Balaban J connectivity index is 2.53. The number of hydrogen-bond donors (Lipinski definition) is 1. The summed E-state index contributed by atoms with van der Waals surface area (Å²) in [5.41, 5.74) is 1.81. The maximum Gasteiger partial charge on any atom is 0.304 e. The van der Waals surface area contributed by atoms with Crippen LogP contribution in [0.1, 0.15) is 35.7 Å². The first-order valence-electron chi connectivity index (χ1n) is 6.05. The van der Waals surface area contributed by atoms with Gasteiger partial charge >= 0.3 is 5.97 Å². The lowest BCUT2D eigenvalue weighted by Gasteiger charge is -2.15. The van der Waals surface area contributed by atoms with Crippen molar-refractivity contribution in [2.45, 2.75) is 26.3 Å². The monoisotopic (exact) mass is 249 g/mol. The number of carboxylic acids is 1. The Morgan fingerprint density at radius 1 is 1.22 bits per heavy atom. The SMILES string of the molecule is CCC(=O)c1ccc(CN(C)CCC(=O)O)cc1. The van der Waals surface area contributed by atoms with Gasteiger partial charge in [-0.05, 0) is 12.6 Å². The van der Waals surface area contributed by atoms with Gasteiger partial charge in [0.1, 0.15) is 0 Å². The van der Waals surface area contributed by atoms with E-state index < -0.39 is 5.97 Å². The molecule has 0 saturated carbocycles. The molecule has 0 fully saturated rings. The fraction of sp³-hybridized carbons (Fsp3) is 0.429. The van der Waals surface area contributed by atoms with Crippen LogP contribution in [-0.4, -0.2) is 35.4 Å². The first-order valence-corrected chi connectivity index (χ1v) is 6.05. The van der Waals surface area contributed by atoms with Crippen molar-refractivity contribution in [3.05, 3.63) is 35.4 Å². The Kier molecular flexibility index (Phi) is 5.52. The molecular weight excluding hydrogens is 230 g/mol. The third kappa shape index (κ3) is 4.67. The molecule has 0 aliphatic rings. The van der Waals surface area contributed by atoms with Crippen LogP contribution in [0.4, 0.5) is 0 Å². The van der Waals surface area contributed by atoms with Gasteiger partial charge in [0, 0.05) is 25.1 Å². The molecule has 1 rings (SSSR count). The molecule has 0 bridgehead atoms. The molecule has 1 aromatic rings. The number of aliphatic carboxylic acids is 1. The van der Waals surface area contributed by atoms with E-state index in [1.54, 1.807) is 0 Å². The Morgan fingerprint density at radius 3 is 2.33 bits per heavy atom. The lowest BCUT2D eigenvalue weighted by Crippen LogP contribution is -2.21. The normalized spacial score (nSPS) is 10.6. The van der Waals surface area contributed by atoms with Crippen molar-refractivity contribution in [2.24, 2.45) is 0 Å². The van der Waals surface area contributed by atoms with Crippen LogP contribution in [0.3, 0.4) is 0 Å². The second-order valence-corrected chi connectivity index (χ2v) is 4.36. The molecule has 0 aliphatic carbocycles. The van der Waals surface area contributed by atoms with Gasteiger partial charge in [-0.1, -0.05) is 31.2 Å². The van der Waals surface area contributed by atoms with Crippen molar-refractivity contribution < 1.29 is 14.7 Å². The summed E-state index contributed by atoms with van der Waals surface area (Å²) in [5, 5.41) is 8.59. The minimum absolute atomic E-state index is 0.140. The molecular formula is C14H19NO3. The number of ketones is 1. The Bertz CT molecular complexity index is 412.